The molecule has 0 spiro atoms. The van der Waals surface area contributed by atoms with Gasteiger partial charge >= 0.3 is 6.18 Å². The van der Waals surface area contributed by atoms with Gasteiger partial charge in [-0.3, -0.25) is 14.1 Å². The number of fused-ring (bicyclic) bond motifs is 1. The van der Waals surface area contributed by atoms with Crippen molar-refractivity contribution in [2.75, 3.05) is 26.2 Å². The van der Waals surface area contributed by atoms with Crippen LogP contribution in [0.4, 0.5) is 17.6 Å². The fraction of sp³-hybridized carbons (Fsp3) is 0.280. The minimum Gasteiger partial charge on any atom is -0.336 e. The van der Waals surface area contributed by atoms with Gasteiger partial charge in [-0.05, 0) is 55.5 Å². The molecule has 0 saturated carbocycles. The van der Waals surface area contributed by atoms with Gasteiger partial charge in [0, 0.05) is 54.9 Å². The summed E-state index contributed by atoms with van der Waals surface area (Å²) >= 11 is 1.59. The zero-order valence-electron chi connectivity index (χ0n) is 18.8. The summed E-state index contributed by atoms with van der Waals surface area (Å²) < 4.78 is 53.9. The second-order valence-electron chi connectivity index (χ2n) is 8.55. The molecule has 2 aromatic heterocycles. The first kappa shape index (κ1) is 23.5. The van der Waals surface area contributed by atoms with E-state index in [1.165, 1.54) is 24.3 Å². The summed E-state index contributed by atoms with van der Waals surface area (Å²) in [7, 11) is 0. The molecule has 1 amide bonds. The third-order valence-electron chi connectivity index (χ3n) is 6.15. The topological polar surface area (TPSA) is 40.9 Å². The van der Waals surface area contributed by atoms with Crippen LogP contribution in [0.15, 0.2) is 54.7 Å². The van der Waals surface area contributed by atoms with E-state index in [4.69, 9.17) is 4.98 Å². The van der Waals surface area contributed by atoms with Crippen molar-refractivity contribution in [3.05, 3.63) is 82.2 Å². The summed E-state index contributed by atoms with van der Waals surface area (Å²) in [6.45, 7) is 4.79. The number of aromatic nitrogens is 2. The zero-order chi connectivity index (χ0) is 24.7. The van der Waals surface area contributed by atoms with E-state index in [9.17, 15) is 22.4 Å². The monoisotopic (exact) mass is 502 g/mol. The van der Waals surface area contributed by atoms with Crippen molar-refractivity contribution in [3.63, 3.8) is 0 Å². The number of benzene rings is 2. The Morgan fingerprint density at radius 3 is 2.29 bits per heavy atom. The van der Waals surface area contributed by atoms with Crippen molar-refractivity contribution >= 4 is 22.2 Å². The average Bonchev–Trinajstić information content (AvgIpc) is 3.36. The van der Waals surface area contributed by atoms with E-state index in [0.29, 0.717) is 32.7 Å². The lowest BCUT2D eigenvalue weighted by atomic mass is 10.1. The van der Waals surface area contributed by atoms with Gasteiger partial charge in [0.25, 0.3) is 5.91 Å². The first-order valence-electron chi connectivity index (χ1n) is 11.1. The minimum atomic E-state index is -4.43. The number of amides is 1. The highest BCUT2D eigenvalue weighted by Gasteiger charge is 2.31. The molecule has 0 N–H and O–H groups in total. The molecule has 10 heteroatoms. The lowest BCUT2D eigenvalue weighted by Gasteiger charge is -2.34. The number of piperazine rings is 1. The molecular weight excluding hydrogens is 480 g/mol. The van der Waals surface area contributed by atoms with Gasteiger partial charge in [0.15, 0.2) is 4.96 Å². The molecule has 1 fully saturated rings. The van der Waals surface area contributed by atoms with E-state index < -0.39 is 11.7 Å². The predicted molar refractivity (Wildman–Crippen MR) is 126 cm³/mol. The van der Waals surface area contributed by atoms with Gasteiger partial charge in [0.2, 0.25) is 0 Å². The van der Waals surface area contributed by atoms with Crippen molar-refractivity contribution in [1.82, 2.24) is 19.2 Å². The van der Waals surface area contributed by atoms with Crippen molar-refractivity contribution < 1.29 is 22.4 Å². The third kappa shape index (κ3) is 4.81. The Balaban J connectivity index is 1.30. The molecule has 1 aliphatic heterocycles. The molecule has 35 heavy (non-hydrogen) atoms. The zero-order valence-corrected chi connectivity index (χ0v) is 19.7. The lowest BCUT2D eigenvalue weighted by molar-refractivity contribution is -0.137. The number of imidazole rings is 1. The number of carbonyl (C=O) groups excluding carboxylic acids is 1. The lowest BCUT2D eigenvalue weighted by Crippen LogP contribution is -2.48. The molecule has 0 atom stereocenters. The molecular formula is C25H22F4N4OS. The number of aryl methyl sites for hydroxylation is 1. The maximum Gasteiger partial charge on any atom is 0.416 e. The second kappa shape index (κ2) is 9.09. The van der Waals surface area contributed by atoms with Gasteiger partial charge in [-0.25, -0.2) is 9.37 Å². The Kier molecular flexibility index (Phi) is 6.10. The van der Waals surface area contributed by atoms with Crippen LogP contribution in [0.1, 0.15) is 26.5 Å². The first-order valence-corrected chi connectivity index (χ1v) is 11.9. The van der Waals surface area contributed by atoms with Crippen LogP contribution in [-0.4, -0.2) is 51.3 Å². The van der Waals surface area contributed by atoms with Crippen LogP contribution in [0.25, 0.3) is 16.2 Å². The maximum atomic E-state index is 13.5. The average molecular weight is 503 g/mol. The fourth-order valence-electron chi connectivity index (χ4n) is 4.30. The smallest absolute Gasteiger partial charge is 0.336 e. The Morgan fingerprint density at radius 1 is 1.00 bits per heavy atom. The van der Waals surface area contributed by atoms with Crippen LogP contribution >= 0.6 is 11.3 Å². The van der Waals surface area contributed by atoms with Crippen LogP contribution in [0.3, 0.4) is 0 Å². The quantitative estimate of drug-likeness (QED) is 0.347. The number of alkyl halides is 3. The van der Waals surface area contributed by atoms with Gasteiger partial charge in [-0.15, -0.1) is 11.3 Å². The van der Waals surface area contributed by atoms with Gasteiger partial charge in [-0.2, -0.15) is 13.2 Å². The Morgan fingerprint density at radius 2 is 1.66 bits per heavy atom. The third-order valence-corrected chi connectivity index (χ3v) is 7.05. The van der Waals surface area contributed by atoms with Crippen LogP contribution in [0, 0.1) is 12.7 Å². The fourth-order valence-corrected chi connectivity index (χ4v) is 5.14. The summed E-state index contributed by atoms with van der Waals surface area (Å²) in [5, 5.41) is 0. The second-order valence-corrected chi connectivity index (χ2v) is 9.77. The molecule has 1 saturated heterocycles. The van der Waals surface area contributed by atoms with E-state index in [0.717, 1.165) is 38.9 Å². The SMILES string of the molecule is Cc1cn2c(CN3CCN(C(=O)c4ccc(C(F)(F)F)cc4)CC3)c(-c3ccc(F)cc3)nc2s1. The van der Waals surface area contributed by atoms with E-state index in [1.54, 1.807) is 28.4 Å². The number of thiazole rings is 1. The molecule has 0 aliphatic carbocycles. The highest BCUT2D eigenvalue weighted by Crippen LogP contribution is 2.31. The molecule has 182 valence electrons. The summed E-state index contributed by atoms with van der Waals surface area (Å²) in [6, 6.07) is 10.6. The Bertz CT molecular complexity index is 1350. The van der Waals surface area contributed by atoms with Crippen LogP contribution < -0.4 is 0 Å². The molecule has 0 bridgehead atoms. The summed E-state index contributed by atoms with van der Waals surface area (Å²) in [5.41, 5.74) is 2.12. The minimum absolute atomic E-state index is 0.247. The van der Waals surface area contributed by atoms with Crippen LogP contribution in [-0.2, 0) is 12.7 Å². The van der Waals surface area contributed by atoms with Crippen molar-refractivity contribution in [1.29, 1.82) is 0 Å². The number of hydrogen-bond donors (Lipinski definition) is 0. The molecule has 5 nitrogen and oxygen atoms in total. The predicted octanol–water partition coefficient (Wildman–Crippen LogP) is 5.49. The largest absolute Gasteiger partial charge is 0.416 e. The Hall–Kier alpha value is -3.24. The highest BCUT2D eigenvalue weighted by atomic mass is 32.1. The van der Waals surface area contributed by atoms with E-state index in [1.807, 2.05) is 13.1 Å². The van der Waals surface area contributed by atoms with Gasteiger partial charge in [0.05, 0.1) is 17.0 Å². The first-order chi connectivity index (χ1) is 16.7. The molecule has 2 aromatic carbocycles. The van der Waals surface area contributed by atoms with Crippen molar-refractivity contribution in [2.24, 2.45) is 0 Å². The van der Waals surface area contributed by atoms with Crippen LogP contribution in [0.5, 0.6) is 0 Å². The van der Waals surface area contributed by atoms with Gasteiger partial charge in [0.1, 0.15) is 5.82 Å². The standard InChI is InChI=1S/C25H22F4N4OS/c1-16-14-33-21(22(30-24(33)35-16)17-4-8-20(26)9-5-17)15-31-10-12-32(13-11-31)23(34)18-2-6-19(7-3-18)25(27,28)29/h2-9,14H,10-13,15H2,1H3. The van der Waals surface area contributed by atoms with Gasteiger partial charge in [-0.1, -0.05) is 0 Å². The molecule has 0 unspecified atom stereocenters. The van der Waals surface area contributed by atoms with Crippen molar-refractivity contribution in [2.45, 2.75) is 19.6 Å². The number of hydrogen-bond acceptors (Lipinski definition) is 4. The molecule has 5 rings (SSSR count). The Labute approximate surface area is 203 Å². The van der Waals surface area contributed by atoms with E-state index >= 15 is 0 Å². The summed E-state index contributed by atoms with van der Waals surface area (Å²) in [6.07, 6.45) is -2.39. The molecule has 3 heterocycles. The normalized spacial score (nSPS) is 15.2. The maximum absolute atomic E-state index is 13.5. The van der Waals surface area contributed by atoms with Crippen molar-refractivity contribution in [3.8, 4) is 11.3 Å². The van der Waals surface area contributed by atoms with Crippen LogP contribution in [0.2, 0.25) is 0 Å². The molecule has 4 aromatic rings. The summed E-state index contributed by atoms with van der Waals surface area (Å²) in [4.78, 5) is 23.5. The summed E-state index contributed by atoms with van der Waals surface area (Å²) in [5.74, 6) is -0.577. The van der Waals surface area contributed by atoms with Gasteiger partial charge < -0.3 is 4.90 Å². The van der Waals surface area contributed by atoms with E-state index in [2.05, 4.69) is 9.30 Å². The number of carbonyl (C=O) groups is 1. The number of rotatable bonds is 4. The number of halogens is 4. The number of nitrogens with zero attached hydrogens (tertiary/aromatic N) is 4. The molecule has 1 aliphatic rings. The molecule has 0 radical (unpaired) electrons. The highest BCUT2D eigenvalue weighted by molar-refractivity contribution is 7.17. The van der Waals surface area contributed by atoms with E-state index in [-0.39, 0.29) is 17.3 Å².